The van der Waals surface area contributed by atoms with E-state index >= 15 is 0 Å². The molecule has 33 heavy (non-hydrogen) atoms. The summed E-state index contributed by atoms with van der Waals surface area (Å²) in [4.78, 5) is 34.7. The summed E-state index contributed by atoms with van der Waals surface area (Å²) in [6.07, 6.45) is 4.45. The zero-order chi connectivity index (χ0) is 23.8. The number of nitrogens with one attached hydrogen (secondary N) is 2. The first-order valence-corrected chi connectivity index (χ1v) is 12.1. The monoisotopic (exact) mass is 446 g/mol. The van der Waals surface area contributed by atoms with Gasteiger partial charge >= 0.3 is 6.03 Å². The fraction of sp³-hybridized carbons (Fsp3) is 0.464. The fourth-order valence-electron chi connectivity index (χ4n) is 5.48. The minimum Gasteiger partial charge on any atom is -0.323 e. The van der Waals surface area contributed by atoms with Crippen molar-refractivity contribution in [1.29, 1.82) is 0 Å². The lowest BCUT2D eigenvalue weighted by Gasteiger charge is -2.33. The van der Waals surface area contributed by atoms with Crippen molar-refractivity contribution < 1.29 is 14.4 Å². The standard InChI is InChI=1S/C15H18N2O2.C13H16O/c1-9(2)11-5-3-4-10-8-15(7-6-12(10)11)13(18)16-14(19)17-15;1-9(2)12-5-3-4-10-8-11(14)6-7-13(10)12/h3-5,9H,6-8H2,1-2H3,(H2,16,17,18,19);3-5,9H,6-8H2,1-2H3. The molecule has 1 fully saturated rings. The summed E-state index contributed by atoms with van der Waals surface area (Å²) in [5, 5.41) is 5.17. The van der Waals surface area contributed by atoms with Gasteiger partial charge in [0.05, 0.1) is 0 Å². The van der Waals surface area contributed by atoms with Crippen molar-refractivity contribution in [2.75, 3.05) is 0 Å². The second-order valence-corrected chi connectivity index (χ2v) is 10.2. The molecule has 5 rings (SSSR count). The summed E-state index contributed by atoms with van der Waals surface area (Å²) >= 11 is 0. The van der Waals surface area contributed by atoms with Crippen LogP contribution in [0.4, 0.5) is 4.79 Å². The van der Waals surface area contributed by atoms with E-state index in [-0.39, 0.29) is 11.9 Å². The van der Waals surface area contributed by atoms with Crippen molar-refractivity contribution in [3.63, 3.8) is 0 Å². The highest BCUT2D eigenvalue weighted by Crippen LogP contribution is 2.35. The van der Waals surface area contributed by atoms with Crippen LogP contribution in [0.5, 0.6) is 0 Å². The lowest BCUT2D eigenvalue weighted by molar-refractivity contribution is -0.124. The molecule has 2 N–H and O–H groups in total. The molecular formula is C28H34N2O3. The average molecular weight is 447 g/mol. The quantitative estimate of drug-likeness (QED) is 0.654. The number of carbonyl (C=O) groups excluding carboxylic acids is 3. The first kappa shape index (κ1) is 23.2. The van der Waals surface area contributed by atoms with Crippen LogP contribution in [0, 0.1) is 0 Å². The van der Waals surface area contributed by atoms with E-state index in [0.717, 1.165) is 19.3 Å². The van der Waals surface area contributed by atoms with Crippen LogP contribution in [0.2, 0.25) is 0 Å². The lowest BCUT2D eigenvalue weighted by atomic mass is 9.75. The summed E-state index contributed by atoms with van der Waals surface area (Å²) in [6, 6.07) is 12.3. The molecule has 0 saturated carbocycles. The normalized spacial score (nSPS) is 21.3. The molecule has 0 radical (unpaired) electrons. The van der Waals surface area contributed by atoms with Crippen LogP contribution < -0.4 is 10.6 Å². The van der Waals surface area contributed by atoms with E-state index in [0.29, 0.717) is 36.9 Å². The van der Waals surface area contributed by atoms with Crippen molar-refractivity contribution in [2.45, 2.75) is 83.6 Å². The van der Waals surface area contributed by atoms with Crippen LogP contribution >= 0.6 is 0 Å². The highest BCUT2D eigenvalue weighted by atomic mass is 16.2. The molecule has 2 aromatic rings. The number of amides is 3. The number of imide groups is 1. The third-order valence-electron chi connectivity index (χ3n) is 7.21. The minimum absolute atomic E-state index is 0.182. The summed E-state index contributed by atoms with van der Waals surface area (Å²) in [5.74, 6) is 1.26. The Balaban J connectivity index is 0.000000165. The Bertz CT molecular complexity index is 1100. The van der Waals surface area contributed by atoms with E-state index < -0.39 is 5.54 Å². The molecule has 5 heteroatoms. The van der Waals surface area contributed by atoms with E-state index in [2.05, 4.69) is 68.7 Å². The topological polar surface area (TPSA) is 75.3 Å². The van der Waals surface area contributed by atoms with E-state index in [4.69, 9.17) is 0 Å². The van der Waals surface area contributed by atoms with Gasteiger partial charge in [-0.05, 0) is 64.5 Å². The van der Waals surface area contributed by atoms with Gasteiger partial charge in [0, 0.05) is 19.3 Å². The number of hydrogen-bond donors (Lipinski definition) is 2. The predicted molar refractivity (Wildman–Crippen MR) is 130 cm³/mol. The number of carbonyl (C=O) groups is 3. The first-order chi connectivity index (χ1) is 15.7. The zero-order valence-electron chi connectivity index (χ0n) is 20.1. The molecule has 1 aliphatic heterocycles. The van der Waals surface area contributed by atoms with Crippen LogP contribution in [0.25, 0.3) is 0 Å². The molecule has 3 amide bonds. The molecule has 2 aromatic carbocycles. The van der Waals surface area contributed by atoms with Crippen LogP contribution in [-0.2, 0) is 35.3 Å². The molecule has 1 unspecified atom stereocenters. The molecule has 2 aliphatic carbocycles. The molecule has 5 nitrogen and oxygen atoms in total. The smallest absolute Gasteiger partial charge is 0.322 e. The summed E-state index contributed by atoms with van der Waals surface area (Å²) in [6.45, 7) is 8.80. The minimum atomic E-state index is -0.723. The second-order valence-electron chi connectivity index (χ2n) is 10.2. The Kier molecular flexibility index (Phi) is 6.42. The van der Waals surface area contributed by atoms with Gasteiger partial charge in [0.1, 0.15) is 11.3 Å². The van der Waals surface area contributed by atoms with Crippen molar-refractivity contribution in [1.82, 2.24) is 10.6 Å². The van der Waals surface area contributed by atoms with Crippen LogP contribution in [0.15, 0.2) is 36.4 Å². The molecule has 1 spiro atoms. The number of fused-ring (bicyclic) bond motifs is 2. The first-order valence-electron chi connectivity index (χ1n) is 12.1. The summed E-state index contributed by atoms with van der Waals surface area (Å²) < 4.78 is 0. The van der Waals surface area contributed by atoms with Crippen LogP contribution in [-0.4, -0.2) is 23.3 Å². The van der Waals surface area contributed by atoms with Crippen LogP contribution in [0.1, 0.15) is 85.8 Å². The Morgan fingerprint density at radius 1 is 0.788 bits per heavy atom. The molecule has 0 bridgehead atoms. The molecule has 174 valence electrons. The van der Waals surface area contributed by atoms with Gasteiger partial charge in [0.2, 0.25) is 0 Å². The van der Waals surface area contributed by atoms with Gasteiger partial charge in [-0.15, -0.1) is 0 Å². The maximum Gasteiger partial charge on any atom is 0.322 e. The molecule has 1 saturated heterocycles. The van der Waals surface area contributed by atoms with Crippen molar-refractivity contribution >= 4 is 17.7 Å². The van der Waals surface area contributed by atoms with Crippen molar-refractivity contribution in [3.05, 3.63) is 69.8 Å². The van der Waals surface area contributed by atoms with E-state index in [1.54, 1.807) is 0 Å². The fourth-order valence-corrected chi connectivity index (χ4v) is 5.48. The zero-order valence-corrected chi connectivity index (χ0v) is 20.1. The number of hydrogen-bond acceptors (Lipinski definition) is 3. The van der Waals surface area contributed by atoms with E-state index in [1.807, 2.05) is 6.07 Å². The van der Waals surface area contributed by atoms with E-state index in [1.165, 1.54) is 33.4 Å². The van der Waals surface area contributed by atoms with Gasteiger partial charge < -0.3 is 5.32 Å². The molecule has 1 heterocycles. The maximum absolute atomic E-state index is 12.0. The summed E-state index contributed by atoms with van der Waals surface area (Å²) in [5.41, 5.74) is 7.30. The second kappa shape index (κ2) is 9.12. The average Bonchev–Trinajstić information content (AvgIpc) is 3.04. The van der Waals surface area contributed by atoms with Gasteiger partial charge in [-0.3, -0.25) is 14.9 Å². The summed E-state index contributed by atoms with van der Waals surface area (Å²) in [7, 11) is 0. The Labute approximate surface area is 196 Å². The van der Waals surface area contributed by atoms with Crippen molar-refractivity contribution in [2.24, 2.45) is 0 Å². The number of rotatable bonds is 2. The predicted octanol–water partition coefficient (Wildman–Crippen LogP) is 4.74. The van der Waals surface area contributed by atoms with Gasteiger partial charge in [0.15, 0.2) is 0 Å². The largest absolute Gasteiger partial charge is 0.323 e. The highest BCUT2D eigenvalue weighted by molar-refractivity contribution is 6.07. The van der Waals surface area contributed by atoms with Gasteiger partial charge in [-0.25, -0.2) is 4.79 Å². The Morgan fingerprint density at radius 2 is 1.39 bits per heavy atom. The Hall–Kier alpha value is -2.95. The van der Waals surface area contributed by atoms with Gasteiger partial charge in [-0.2, -0.15) is 0 Å². The highest BCUT2D eigenvalue weighted by Gasteiger charge is 2.48. The molecule has 1 atom stereocenters. The van der Waals surface area contributed by atoms with Crippen molar-refractivity contribution in [3.8, 4) is 0 Å². The third-order valence-corrected chi connectivity index (χ3v) is 7.21. The van der Waals surface area contributed by atoms with E-state index in [9.17, 15) is 14.4 Å². The Morgan fingerprint density at radius 3 is 1.97 bits per heavy atom. The molecule has 3 aliphatic rings. The van der Waals surface area contributed by atoms with Gasteiger partial charge in [-0.1, -0.05) is 64.1 Å². The lowest BCUT2D eigenvalue weighted by Crippen LogP contribution is -2.51. The third kappa shape index (κ3) is 4.59. The number of urea groups is 1. The maximum atomic E-state index is 12.0. The molecule has 0 aromatic heterocycles. The molecular weight excluding hydrogens is 412 g/mol. The SMILES string of the molecule is CC(C)c1cccc2c1CCC(=O)C2.CC(C)c1cccc2c1CCC1(C2)NC(=O)NC1=O. The number of Topliss-reactive ketones (excluding diaryl/α,β-unsaturated/α-hetero) is 1. The van der Waals surface area contributed by atoms with Crippen LogP contribution in [0.3, 0.4) is 0 Å². The van der Waals surface area contributed by atoms with Gasteiger partial charge in [0.25, 0.3) is 5.91 Å². The number of benzene rings is 2. The number of ketones is 1.